The molecule has 3 rings (SSSR count). The summed E-state index contributed by atoms with van der Waals surface area (Å²) in [4.78, 5) is 20.6. The normalized spacial score (nSPS) is 19.5. The summed E-state index contributed by atoms with van der Waals surface area (Å²) in [6, 6.07) is 6.90. The van der Waals surface area contributed by atoms with E-state index in [2.05, 4.69) is 17.1 Å². The predicted molar refractivity (Wildman–Crippen MR) is 123 cm³/mol. The average molecular weight is 518 g/mol. The molecule has 162 valence electrons. The molecule has 1 aromatic carbocycles. The molecule has 29 heavy (non-hydrogen) atoms. The van der Waals surface area contributed by atoms with Gasteiger partial charge in [0.25, 0.3) is 0 Å². The summed E-state index contributed by atoms with van der Waals surface area (Å²) in [5.41, 5.74) is 0.791. The number of guanidine groups is 1. The molecule has 2 aliphatic rings. The first kappa shape index (κ1) is 23.9. The molecule has 0 aliphatic carbocycles. The van der Waals surface area contributed by atoms with E-state index < -0.39 is 0 Å². The van der Waals surface area contributed by atoms with Gasteiger partial charge < -0.3 is 19.9 Å². The molecule has 2 heterocycles. The molecular formula is C21H32FIN4O2. The summed E-state index contributed by atoms with van der Waals surface area (Å²) < 4.78 is 19.5. The fourth-order valence-corrected chi connectivity index (χ4v) is 4.00. The lowest BCUT2D eigenvalue weighted by Crippen LogP contribution is -2.53. The second-order valence-corrected chi connectivity index (χ2v) is 7.57. The molecule has 2 saturated heterocycles. The van der Waals surface area contributed by atoms with E-state index in [1.54, 1.807) is 19.1 Å². The predicted octanol–water partition coefficient (Wildman–Crippen LogP) is 2.62. The van der Waals surface area contributed by atoms with Crippen LogP contribution in [-0.4, -0.2) is 74.1 Å². The Morgan fingerprint density at radius 1 is 1.21 bits per heavy atom. The Labute approximate surface area is 189 Å². The quantitative estimate of drug-likeness (QED) is 0.379. The second-order valence-electron chi connectivity index (χ2n) is 7.57. The van der Waals surface area contributed by atoms with Crippen molar-refractivity contribution in [1.29, 1.82) is 0 Å². The van der Waals surface area contributed by atoms with Gasteiger partial charge in [-0.25, -0.2) is 4.39 Å². The third-order valence-corrected chi connectivity index (χ3v) is 5.78. The third-order valence-electron chi connectivity index (χ3n) is 5.78. The Balaban J connectivity index is 0.00000300. The number of carbonyl (C=O) groups excluding carboxylic acids is 1. The van der Waals surface area contributed by atoms with Gasteiger partial charge in [0.2, 0.25) is 5.91 Å². The first-order chi connectivity index (χ1) is 13.5. The number of piperazine rings is 1. The molecule has 0 aromatic heterocycles. The van der Waals surface area contributed by atoms with Crippen molar-refractivity contribution in [3.05, 3.63) is 35.6 Å². The highest BCUT2D eigenvalue weighted by atomic mass is 127. The molecule has 2 fully saturated rings. The van der Waals surface area contributed by atoms with Crippen molar-refractivity contribution in [2.45, 2.75) is 32.1 Å². The van der Waals surface area contributed by atoms with Gasteiger partial charge in [-0.15, -0.1) is 24.0 Å². The van der Waals surface area contributed by atoms with E-state index in [1.807, 2.05) is 11.0 Å². The molecule has 0 atom stereocenters. The SMILES string of the molecule is CCNC(=NCC1(c2cccc(F)c2)CCOCC1)N1CCN(C(C)=O)CC1.I. The topological polar surface area (TPSA) is 57.2 Å². The Kier molecular flexibility index (Phi) is 9.13. The average Bonchev–Trinajstić information content (AvgIpc) is 2.72. The Morgan fingerprint density at radius 3 is 2.45 bits per heavy atom. The molecule has 2 aliphatic heterocycles. The molecule has 1 amide bonds. The molecule has 1 N–H and O–H groups in total. The van der Waals surface area contributed by atoms with Gasteiger partial charge in [-0.05, 0) is 37.5 Å². The smallest absolute Gasteiger partial charge is 0.219 e. The third kappa shape index (κ3) is 6.04. The Morgan fingerprint density at radius 2 is 1.86 bits per heavy atom. The van der Waals surface area contributed by atoms with Crippen molar-refractivity contribution < 1.29 is 13.9 Å². The zero-order chi connectivity index (χ0) is 20.0. The summed E-state index contributed by atoms with van der Waals surface area (Å²) in [5, 5.41) is 3.38. The molecule has 6 nitrogen and oxygen atoms in total. The highest BCUT2D eigenvalue weighted by Gasteiger charge is 2.35. The van der Waals surface area contributed by atoms with E-state index in [-0.39, 0.29) is 41.1 Å². The van der Waals surface area contributed by atoms with Crippen LogP contribution in [-0.2, 0) is 14.9 Å². The van der Waals surface area contributed by atoms with Crippen molar-refractivity contribution in [2.75, 3.05) is 52.5 Å². The Hall–Kier alpha value is -1.42. The largest absolute Gasteiger partial charge is 0.381 e. The van der Waals surface area contributed by atoms with Crippen LogP contribution in [0.1, 0.15) is 32.3 Å². The maximum Gasteiger partial charge on any atom is 0.219 e. The van der Waals surface area contributed by atoms with Crippen LogP contribution < -0.4 is 5.32 Å². The van der Waals surface area contributed by atoms with Crippen LogP contribution in [0.25, 0.3) is 0 Å². The highest BCUT2D eigenvalue weighted by Crippen LogP contribution is 2.35. The maximum absolute atomic E-state index is 13.9. The van der Waals surface area contributed by atoms with E-state index in [0.29, 0.717) is 32.8 Å². The van der Waals surface area contributed by atoms with Crippen LogP contribution in [0.2, 0.25) is 0 Å². The van der Waals surface area contributed by atoms with Crippen LogP contribution in [0.5, 0.6) is 0 Å². The fourth-order valence-electron chi connectivity index (χ4n) is 4.00. The molecule has 0 bridgehead atoms. The minimum absolute atomic E-state index is 0. The van der Waals surface area contributed by atoms with Crippen molar-refractivity contribution in [2.24, 2.45) is 4.99 Å². The Bertz CT molecular complexity index is 702. The van der Waals surface area contributed by atoms with Gasteiger partial charge in [-0.1, -0.05) is 12.1 Å². The van der Waals surface area contributed by atoms with E-state index in [0.717, 1.165) is 44.0 Å². The number of halogens is 2. The van der Waals surface area contributed by atoms with Crippen LogP contribution in [0.3, 0.4) is 0 Å². The minimum Gasteiger partial charge on any atom is -0.381 e. The summed E-state index contributed by atoms with van der Waals surface area (Å²) >= 11 is 0. The number of carbonyl (C=O) groups is 1. The first-order valence-corrected chi connectivity index (χ1v) is 10.2. The lowest BCUT2D eigenvalue weighted by molar-refractivity contribution is -0.130. The lowest BCUT2D eigenvalue weighted by Gasteiger charge is -2.38. The summed E-state index contributed by atoms with van der Waals surface area (Å²) in [6.45, 7) is 9.33. The number of nitrogens with zero attached hydrogens (tertiary/aromatic N) is 3. The monoisotopic (exact) mass is 518 g/mol. The molecule has 0 unspecified atom stereocenters. The number of hydrogen-bond acceptors (Lipinski definition) is 3. The van der Waals surface area contributed by atoms with E-state index in [9.17, 15) is 9.18 Å². The number of rotatable bonds is 4. The number of hydrogen-bond donors (Lipinski definition) is 1. The van der Waals surface area contributed by atoms with E-state index in [1.165, 1.54) is 6.07 Å². The minimum atomic E-state index is -0.209. The van der Waals surface area contributed by atoms with Gasteiger partial charge in [0, 0.05) is 58.3 Å². The number of ether oxygens (including phenoxy) is 1. The maximum atomic E-state index is 13.9. The zero-order valence-electron chi connectivity index (χ0n) is 17.3. The molecular weight excluding hydrogens is 486 g/mol. The van der Waals surface area contributed by atoms with Gasteiger partial charge in [0.1, 0.15) is 5.82 Å². The highest BCUT2D eigenvalue weighted by molar-refractivity contribution is 14.0. The second kappa shape index (κ2) is 11.1. The van der Waals surface area contributed by atoms with Gasteiger partial charge in [0.05, 0.1) is 6.54 Å². The molecule has 0 saturated carbocycles. The molecule has 1 aromatic rings. The number of aliphatic imine (C=N–C) groups is 1. The summed E-state index contributed by atoms with van der Waals surface area (Å²) in [5.74, 6) is 0.779. The van der Waals surface area contributed by atoms with E-state index in [4.69, 9.17) is 9.73 Å². The lowest BCUT2D eigenvalue weighted by atomic mass is 9.74. The van der Waals surface area contributed by atoms with Crippen LogP contribution >= 0.6 is 24.0 Å². The van der Waals surface area contributed by atoms with Crippen LogP contribution in [0.4, 0.5) is 4.39 Å². The van der Waals surface area contributed by atoms with Gasteiger partial charge >= 0.3 is 0 Å². The molecule has 0 spiro atoms. The van der Waals surface area contributed by atoms with E-state index >= 15 is 0 Å². The van der Waals surface area contributed by atoms with Crippen molar-refractivity contribution in [3.63, 3.8) is 0 Å². The van der Waals surface area contributed by atoms with Crippen molar-refractivity contribution >= 4 is 35.8 Å². The fraction of sp³-hybridized carbons (Fsp3) is 0.619. The number of amides is 1. The van der Waals surface area contributed by atoms with Gasteiger partial charge in [0.15, 0.2) is 5.96 Å². The van der Waals surface area contributed by atoms with Gasteiger partial charge in [-0.3, -0.25) is 9.79 Å². The number of benzene rings is 1. The van der Waals surface area contributed by atoms with Crippen molar-refractivity contribution in [3.8, 4) is 0 Å². The molecule has 8 heteroatoms. The number of nitrogens with one attached hydrogen (secondary N) is 1. The standard InChI is InChI=1S/C21H31FN4O2.HI/c1-3-23-20(26-11-9-25(10-12-26)17(2)27)24-16-21(7-13-28-14-8-21)18-5-4-6-19(22)15-18;/h4-6,15H,3,7-14,16H2,1-2H3,(H,23,24);1H. The summed E-state index contributed by atoms with van der Waals surface area (Å²) in [6.07, 6.45) is 1.66. The van der Waals surface area contributed by atoms with Gasteiger partial charge in [-0.2, -0.15) is 0 Å². The van der Waals surface area contributed by atoms with Crippen LogP contribution in [0.15, 0.2) is 29.3 Å². The molecule has 0 radical (unpaired) electrons. The van der Waals surface area contributed by atoms with Crippen molar-refractivity contribution in [1.82, 2.24) is 15.1 Å². The zero-order valence-corrected chi connectivity index (χ0v) is 19.7. The van der Waals surface area contributed by atoms with Crippen LogP contribution in [0, 0.1) is 5.82 Å². The first-order valence-electron chi connectivity index (χ1n) is 10.2. The summed E-state index contributed by atoms with van der Waals surface area (Å²) in [7, 11) is 0.